The fourth-order valence-corrected chi connectivity index (χ4v) is 2.39. The smallest absolute Gasteiger partial charge is 0.256 e. The third-order valence-electron chi connectivity index (χ3n) is 2.98. The van der Waals surface area contributed by atoms with E-state index in [0.29, 0.717) is 10.9 Å². The number of aromatic nitrogens is 1. The summed E-state index contributed by atoms with van der Waals surface area (Å²) in [5.41, 5.74) is 7.96. The lowest BCUT2D eigenvalue weighted by molar-refractivity contribution is -0.115. The molecule has 2 rings (SSSR count). The first kappa shape index (κ1) is 14.5. The molecule has 0 saturated heterocycles. The normalized spacial score (nSPS) is 10.6. The van der Waals surface area contributed by atoms with Crippen LogP contribution in [0.5, 0.6) is 0 Å². The minimum atomic E-state index is -0.0201. The molecule has 0 spiro atoms. The maximum atomic E-state index is 12.1. The molecule has 1 aromatic carbocycles. The van der Waals surface area contributed by atoms with Crippen LogP contribution in [-0.2, 0) is 4.79 Å². The maximum Gasteiger partial charge on any atom is 0.256 e. The summed E-state index contributed by atoms with van der Waals surface area (Å²) in [6.07, 6.45) is 0. The highest BCUT2D eigenvalue weighted by Crippen LogP contribution is 2.22. The Morgan fingerprint density at radius 3 is 2.55 bits per heavy atom. The molecule has 0 aliphatic heterocycles. The average molecular weight is 291 g/mol. The molecule has 20 heavy (non-hydrogen) atoms. The molecule has 0 atom stereocenters. The minimum Gasteiger partial charge on any atom is -0.437 e. The molecule has 0 bridgehead atoms. The summed E-state index contributed by atoms with van der Waals surface area (Å²) in [6.45, 7) is 3.74. The number of hydrogen-bond acceptors (Lipinski definition) is 5. The molecule has 1 heterocycles. The number of carbonyl (C=O) groups is 1. The van der Waals surface area contributed by atoms with Gasteiger partial charge < -0.3 is 15.1 Å². The molecular weight excluding hydrogens is 274 g/mol. The van der Waals surface area contributed by atoms with Crippen molar-refractivity contribution in [1.29, 1.82) is 0 Å². The van der Waals surface area contributed by atoms with Crippen molar-refractivity contribution < 1.29 is 9.21 Å². The monoisotopic (exact) mass is 291 g/mol. The Kier molecular flexibility index (Phi) is 4.34. The predicted octanol–water partition coefficient (Wildman–Crippen LogP) is 2.63. The quantitative estimate of drug-likeness (QED) is 0.692. The van der Waals surface area contributed by atoms with Gasteiger partial charge in [-0.15, -0.1) is 0 Å². The van der Waals surface area contributed by atoms with Crippen LogP contribution >= 0.6 is 11.8 Å². The number of nitrogens with zero attached hydrogens (tertiary/aromatic N) is 2. The Hall–Kier alpha value is -1.95. The van der Waals surface area contributed by atoms with Gasteiger partial charge in [-0.3, -0.25) is 4.79 Å². The van der Waals surface area contributed by atoms with Crippen LogP contribution in [0.3, 0.4) is 0 Å². The summed E-state index contributed by atoms with van der Waals surface area (Å²) in [6, 6.07) is 7.18. The SMILES string of the molecule is Cc1nc(SCC(=O)N(C)c2ccc(N)cc2)oc1C. The number of rotatable bonds is 4. The molecule has 2 N–H and O–H groups in total. The Balaban J connectivity index is 1.96. The average Bonchev–Trinajstić information content (AvgIpc) is 2.75. The largest absolute Gasteiger partial charge is 0.437 e. The van der Waals surface area contributed by atoms with Gasteiger partial charge in [-0.25, -0.2) is 4.98 Å². The summed E-state index contributed by atoms with van der Waals surface area (Å²) in [7, 11) is 1.74. The highest BCUT2D eigenvalue weighted by atomic mass is 32.2. The number of anilines is 2. The van der Waals surface area contributed by atoms with Crippen LogP contribution in [0.25, 0.3) is 0 Å². The van der Waals surface area contributed by atoms with Crippen LogP contribution < -0.4 is 10.6 Å². The van der Waals surface area contributed by atoms with Crippen LogP contribution in [0, 0.1) is 13.8 Å². The van der Waals surface area contributed by atoms with Crippen molar-refractivity contribution in [3.8, 4) is 0 Å². The standard InChI is InChI=1S/C14H17N3O2S/c1-9-10(2)19-14(16-9)20-8-13(18)17(3)12-6-4-11(15)5-7-12/h4-7H,8,15H2,1-3H3. The number of thioether (sulfide) groups is 1. The summed E-state index contributed by atoms with van der Waals surface area (Å²) in [5.74, 6) is 1.04. The number of carbonyl (C=O) groups excluding carboxylic acids is 1. The fourth-order valence-electron chi connectivity index (χ4n) is 1.57. The zero-order valence-corrected chi connectivity index (χ0v) is 12.5. The molecule has 2 aromatic rings. The Morgan fingerprint density at radius 2 is 2.00 bits per heavy atom. The number of oxazole rings is 1. The van der Waals surface area contributed by atoms with E-state index < -0.39 is 0 Å². The second kappa shape index (κ2) is 6.00. The summed E-state index contributed by atoms with van der Waals surface area (Å²) in [4.78, 5) is 17.9. The van der Waals surface area contributed by atoms with Gasteiger partial charge in [0.1, 0.15) is 5.76 Å². The topological polar surface area (TPSA) is 72.4 Å². The summed E-state index contributed by atoms with van der Waals surface area (Å²) < 4.78 is 5.43. The van der Waals surface area contributed by atoms with Gasteiger partial charge in [0.15, 0.2) is 0 Å². The lowest BCUT2D eigenvalue weighted by Gasteiger charge is -2.16. The van der Waals surface area contributed by atoms with Crippen molar-refractivity contribution in [2.24, 2.45) is 0 Å². The van der Waals surface area contributed by atoms with Crippen LogP contribution in [0.2, 0.25) is 0 Å². The zero-order valence-electron chi connectivity index (χ0n) is 11.7. The number of nitrogen functional groups attached to an aromatic ring is 1. The van der Waals surface area contributed by atoms with Crippen molar-refractivity contribution in [2.75, 3.05) is 23.4 Å². The first-order valence-electron chi connectivity index (χ1n) is 6.16. The van der Waals surface area contributed by atoms with Gasteiger partial charge in [0.05, 0.1) is 11.4 Å². The van der Waals surface area contributed by atoms with Crippen LogP contribution in [0.1, 0.15) is 11.5 Å². The lowest BCUT2D eigenvalue weighted by Crippen LogP contribution is -2.27. The lowest BCUT2D eigenvalue weighted by atomic mass is 10.2. The molecule has 0 fully saturated rings. The van der Waals surface area contributed by atoms with E-state index in [1.807, 2.05) is 26.0 Å². The molecule has 1 amide bonds. The van der Waals surface area contributed by atoms with E-state index in [1.54, 1.807) is 24.1 Å². The highest BCUT2D eigenvalue weighted by Gasteiger charge is 2.14. The molecule has 0 aliphatic carbocycles. The van der Waals surface area contributed by atoms with Crippen LogP contribution in [0.4, 0.5) is 11.4 Å². The van der Waals surface area contributed by atoms with Crippen molar-refractivity contribution in [3.05, 3.63) is 35.7 Å². The van der Waals surface area contributed by atoms with Gasteiger partial charge in [-0.2, -0.15) is 0 Å². The van der Waals surface area contributed by atoms with Gasteiger partial charge >= 0.3 is 0 Å². The number of benzene rings is 1. The van der Waals surface area contributed by atoms with Gasteiger partial charge in [0, 0.05) is 18.4 Å². The highest BCUT2D eigenvalue weighted by molar-refractivity contribution is 7.99. The minimum absolute atomic E-state index is 0.0201. The molecule has 0 unspecified atom stereocenters. The molecule has 0 aliphatic rings. The maximum absolute atomic E-state index is 12.1. The molecule has 106 valence electrons. The Morgan fingerprint density at radius 1 is 1.35 bits per heavy atom. The third kappa shape index (κ3) is 3.33. The molecular formula is C14H17N3O2S. The predicted molar refractivity (Wildman–Crippen MR) is 81.0 cm³/mol. The Bertz CT molecular complexity index is 588. The van der Waals surface area contributed by atoms with E-state index in [4.69, 9.17) is 10.2 Å². The van der Waals surface area contributed by atoms with Crippen LogP contribution in [0.15, 0.2) is 33.9 Å². The van der Waals surface area contributed by atoms with Crippen molar-refractivity contribution >= 4 is 29.0 Å². The van der Waals surface area contributed by atoms with Crippen molar-refractivity contribution in [2.45, 2.75) is 19.1 Å². The second-order valence-corrected chi connectivity index (χ2v) is 5.38. The Labute approximate surface area is 122 Å². The third-order valence-corrected chi connectivity index (χ3v) is 3.80. The van der Waals surface area contributed by atoms with Crippen LogP contribution in [-0.4, -0.2) is 23.7 Å². The first-order valence-corrected chi connectivity index (χ1v) is 7.15. The number of aryl methyl sites for hydroxylation is 2. The van der Waals surface area contributed by atoms with E-state index in [1.165, 1.54) is 11.8 Å². The molecule has 5 nitrogen and oxygen atoms in total. The molecule has 0 saturated carbocycles. The van der Waals surface area contributed by atoms with Gasteiger partial charge in [0.25, 0.3) is 5.22 Å². The number of hydrogen-bond donors (Lipinski definition) is 1. The summed E-state index contributed by atoms with van der Waals surface area (Å²) >= 11 is 1.30. The molecule has 0 radical (unpaired) electrons. The summed E-state index contributed by atoms with van der Waals surface area (Å²) in [5, 5.41) is 0.527. The number of nitrogens with two attached hydrogens (primary N) is 1. The van der Waals surface area contributed by atoms with E-state index >= 15 is 0 Å². The van der Waals surface area contributed by atoms with Gasteiger partial charge in [-0.05, 0) is 38.1 Å². The van der Waals surface area contributed by atoms with E-state index in [-0.39, 0.29) is 11.7 Å². The van der Waals surface area contributed by atoms with E-state index in [0.717, 1.165) is 17.1 Å². The fraction of sp³-hybridized carbons (Fsp3) is 0.286. The van der Waals surface area contributed by atoms with Crippen molar-refractivity contribution in [1.82, 2.24) is 4.98 Å². The van der Waals surface area contributed by atoms with E-state index in [9.17, 15) is 4.79 Å². The van der Waals surface area contributed by atoms with Gasteiger partial charge in [-0.1, -0.05) is 11.8 Å². The first-order chi connectivity index (χ1) is 9.47. The molecule has 6 heteroatoms. The second-order valence-electron chi connectivity index (χ2n) is 4.45. The van der Waals surface area contributed by atoms with Crippen molar-refractivity contribution in [3.63, 3.8) is 0 Å². The van der Waals surface area contributed by atoms with E-state index in [2.05, 4.69) is 4.98 Å². The number of amides is 1. The zero-order chi connectivity index (χ0) is 14.7. The van der Waals surface area contributed by atoms with Gasteiger partial charge in [0.2, 0.25) is 5.91 Å². The molecule has 1 aromatic heterocycles.